The highest BCUT2D eigenvalue weighted by atomic mass is 35.5. The molecule has 1 aromatic carbocycles. The summed E-state index contributed by atoms with van der Waals surface area (Å²) in [6, 6.07) is 5.09. The second-order valence-electron chi connectivity index (χ2n) is 3.34. The minimum atomic E-state index is 0.405. The molecule has 5 heteroatoms. The number of hydrogen-bond donors (Lipinski definition) is 2. The van der Waals surface area contributed by atoms with E-state index in [1.165, 1.54) is 0 Å². The van der Waals surface area contributed by atoms with Crippen LogP contribution in [-0.2, 0) is 0 Å². The molecule has 84 valence electrons. The summed E-state index contributed by atoms with van der Waals surface area (Å²) in [4.78, 5) is 0. The second-order valence-corrected chi connectivity index (χ2v) is 4.21. The molecule has 2 rings (SSSR count). The van der Waals surface area contributed by atoms with E-state index in [1.54, 1.807) is 18.2 Å². The molecule has 1 heterocycles. The lowest BCUT2D eigenvalue weighted by atomic mass is 10.3. The number of rotatable bonds is 3. The van der Waals surface area contributed by atoms with Crippen LogP contribution in [0.2, 0.25) is 10.0 Å². The van der Waals surface area contributed by atoms with E-state index in [0.29, 0.717) is 22.4 Å². The molecule has 0 aliphatic carbocycles. The molecule has 1 aliphatic heterocycles. The maximum absolute atomic E-state index is 5.85. The van der Waals surface area contributed by atoms with Gasteiger partial charge < -0.3 is 15.6 Å². The first kappa shape index (κ1) is 11.2. The van der Waals surface area contributed by atoms with Gasteiger partial charge in [0.1, 0.15) is 12.4 Å². The first-order valence-corrected chi connectivity index (χ1v) is 5.39. The standard InChI is InChI=1S/C11H10Cl2N2O/c1-7-2-10(15-14-7)6-16-11-4-8(12)3-9(13)5-11/h2-5,14-15H,1,6H2. The Morgan fingerprint density at radius 1 is 1.12 bits per heavy atom. The quantitative estimate of drug-likeness (QED) is 0.873. The van der Waals surface area contributed by atoms with Gasteiger partial charge in [-0.1, -0.05) is 29.8 Å². The largest absolute Gasteiger partial charge is 0.487 e. The van der Waals surface area contributed by atoms with Crippen LogP contribution in [0.1, 0.15) is 0 Å². The Balaban J connectivity index is 1.99. The molecule has 0 spiro atoms. The topological polar surface area (TPSA) is 33.3 Å². The van der Waals surface area contributed by atoms with Gasteiger partial charge in [-0.15, -0.1) is 0 Å². The van der Waals surface area contributed by atoms with Gasteiger partial charge in [0.2, 0.25) is 0 Å². The van der Waals surface area contributed by atoms with Gasteiger partial charge in [-0.25, -0.2) is 0 Å². The molecule has 1 aliphatic rings. The van der Waals surface area contributed by atoms with E-state index in [-0.39, 0.29) is 0 Å². The van der Waals surface area contributed by atoms with Gasteiger partial charge in [0, 0.05) is 15.7 Å². The Morgan fingerprint density at radius 2 is 1.81 bits per heavy atom. The molecule has 0 fully saturated rings. The van der Waals surface area contributed by atoms with Crippen molar-refractivity contribution in [3.8, 4) is 5.75 Å². The van der Waals surface area contributed by atoms with Gasteiger partial charge in [0.15, 0.2) is 0 Å². The number of hydrogen-bond acceptors (Lipinski definition) is 3. The van der Waals surface area contributed by atoms with Crippen LogP contribution in [0.15, 0.2) is 42.2 Å². The number of ether oxygens (including phenoxy) is 1. The van der Waals surface area contributed by atoms with Gasteiger partial charge in [-0.3, -0.25) is 0 Å². The third-order valence-corrected chi connectivity index (χ3v) is 2.40. The Bertz CT molecular complexity index is 437. The minimum absolute atomic E-state index is 0.405. The lowest BCUT2D eigenvalue weighted by Gasteiger charge is -2.08. The van der Waals surface area contributed by atoms with Gasteiger partial charge in [-0.05, 0) is 24.3 Å². The molecule has 2 N–H and O–H groups in total. The second kappa shape index (κ2) is 4.68. The first-order chi connectivity index (χ1) is 7.63. The average Bonchev–Trinajstić information content (AvgIpc) is 2.60. The monoisotopic (exact) mass is 256 g/mol. The van der Waals surface area contributed by atoms with Crippen molar-refractivity contribution in [2.24, 2.45) is 0 Å². The Labute approximate surface area is 104 Å². The molecule has 1 aromatic rings. The molecule has 0 atom stereocenters. The van der Waals surface area contributed by atoms with Crippen LogP contribution in [0.5, 0.6) is 5.75 Å². The van der Waals surface area contributed by atoms with E-state index in [0.717, 1.165) is 11.4 Å². The van der Waals surface area contributed by atoms with E-state index in [4.69, 9.17) is 27.9 Å². The fraction of sp³-hybridized carbons (Fsp3) is 0.0909. The molecule has 0 bridgehead atoms. The van der Waals surface area contributed by atoms with Crippen molar-refractivity contribution in [3.63, 3.8) is 0 Å². The summed E-state index contributed by atoms with van der Waals surface area (Å²) >= 11 is 11.7. The summed E-state index contributed by atoms with van der Waals surface area (Å²) < 4.78 is 5.52. The summed E-state index contributed by atoms with van der Waals surface area (Å²) in [5.41, 5.74) is 7.50. The molecule has 0 amide bonds. The summed E-state index contributed by atoms with van der Waals surface area (Å²) in [7, 11) is 0. The predicted octanol–water partition coefficient (Wildman–Crippen LogP) is 2.88. The van der Waals surface area contributed by atoms with E-state index in [9.17, 15) is 0 Å². The van der Waals surface area contributed by atoms with E-state index in [2.05, 4.69) is 17.4 Å². The van der Waals surface area contributed by atoms with Crippen molar-refractivity contribution in [3.05, 3.63) is 52.3 Å². The molecule has 0 aromatic heterocycles. The number of halogens is 2. The van der Waals surface area contributed by atoms with Crippen LogP contribution in [0.4, 0.5) is 0 Å². The van der Waals surface area contributed by atoms with Gasteiger partial charge in [-0.2, -0.15) is 0 Å². The fourth-order valence-electron chi connectivity index (χ4n) is 1.29. The van der Waals surface area contributed by atoms with Crippen molar-refractivity contribution >= 4 is 23.2 Å². The summed E-state index contributed by atoms with van der Waals surface area (Å²) in [5.74, 6) is 0.637. The first-order valence-electron chi connectivity index (χ1n) is 4.64. The van der Waals surface area contributed by atoms with Crippen LogP contribution in [0.3, 0.4) is 0 Å². The molecule has 0 radical (unpaired) electrons. The lowest BCUT2D eigenvalue weighted by Crippen LogP contribution is -2.25. The molecule has 0 saturated carbocycles. The maximum atomic E-state index is 5.85. The zero-order chi connectivity index (χ0) is 11.5. The Hall–Kier alpha value is -1.32. The highest BCUT2D eigenvalue weighted by Crippen LogP contribution is 2.24. The molecular weight excluding hydrogens is 247 g/mol. The predicted molar refractivity (Wildman–Crippen MR) is 65.5 cm³/mol. The SMILES string of the molecule is C=C1C=C(COc2cc(Cl)cc(Cl)c2)NN1. The van der Waals surface area contributed by atoms with Crippen molar-refractivity contribution in [2.45, 2.75) is 0 Å². The highest BCUT2D eigenvalue weighted by molar-refractivity contribution is 6.34. The number of hydrazine groups is 1. The summed E-state index contributed by atoms with van der Waals surface area (Å²) in [5, 5.41) is 1.11. The Kier molecular flexibility index (Phi) is 3.27. The fourth-order valence-corrected chi connectivity index (χ4v) is 1.80. The third kappa shape index (κ3) is 2.84. The normalized spacial score (nSPS) is 14.1. The lowest BCUT2D eigenvalue weighted by molar-refractivity contribution is 0.342. The molecular formula is C11H10Cl2N2O. The molecule has 0 saturated heterocycles. The number of benzene rings is 1. The van der Waals surface area contributed by atoms with Crippen LogP contribution in [0.25, 0.3) is 0 Å². The van der Waals surface area contributed by atoms with Crippen LogP contribution in [0, 0.1) is 0 Å². The number of allylic oxidation sites excluding steroid dienone is 1. The summed E-state index contributed by atoms with van der Waals surface area (Å²) in [6.45, 7) is 4.15. The minimum Gasteiger partial charge on any atom is -0.487 e. The zero-order valence-corrected chi connectivity index (χ0v) is 9.90. The van der Waals surface area contributed by atoms with Crippen LogP contribution >= 0.6 is 23.2 Å². The smallest absolute Gasteiger partial charge is 0.130 e. The van der Waals surface area contributed by atoms with Gasteiger partial charge >= 0.3 is 0 Å². The molecule has 0 unspecified atom stereocenters. The van der Waals surface area contributed by atoms with Gasteiger partial charge in [0.05, 0.1) is 5.70 Å². The molecule has 3 nitrogen and oxygen atoms in total. The molecule has 16 heavy (non-hydrogen) atoms. The van der Waals surface area contributed by atoms with Crippen LogP contribution in [-0.4, -0.2) is 6.61 Å². The van der Waals surface area contributed by atoms with Crippen molar-refractivity contribution in [1.82, 2.24) is 10.9 Å². The Morgan fingerprint density at radius 3 is 2.38 bits per heavy atom. The maximum Gasteiger partial charge on any atom is 0.130 e. The number of nitrogens with one attached hydrogen (secondary N) is 2. The van der Waals surface area contributed by atoms with Crippen molar-refractivity contribution in [1.29, 1.82) is 0 Å². The average molecular weight is 257 g/mol. The van der Waals surface area contributed by atoms with Crippen molar-refractivity contribution in [2.75, 3.05) is 6.61 Å². The summed E-state index contributed by atoms with van der Waals surface area (Å²) in [6.07, 6.45) is 1.87. The van der Waals surface area contributed by atoms with Crippen molar-refractivity contribution < 1.29 is 4.74 Å². The highest BCUT2D eigenvalue weighted by Gasteiger charge is 2.06. The third-order valence-electron chi connectivity index (χ3n) is 1.96. The van der Waals surface area contributed by atoms with E-state index >= 15 is 0 Å². The van der Waals surface area contributed by atoms with Gasteiger partial charge in [0.25, 0.3) is 0 Å². The van der Waals surface area contributed by atoms with E-state index in [1.807, 2.05) is 6.08 Å². The van der Waals surface area contributed by atoms with E-state index < -0.39 is 0 Å². The zero-order valence-electron chi connectivity index (χ0n) is 8.39. The van der Waals surface area contributed by atoms with Crippen LogP contribution < -0.4 is 15.6 Å².